The molecule has 0 aromatic heterocycles. The van der Waals surface area contributed by atoms with Crippen LogP contribution in [-0.2, 0) is 0 Å². The van der Waals surface area contributed by atoms with Crippen LogP contribution in [0.2, 0.25) is 0 Å². The van der Waals surface area contributed by atoms with Crippen LogP contribution in [0.15, 0.2) is 0 Å². The second-order valence-electron chi connectivity index (χ2n) is 5.42. The van der Waals surface area contributed by atoms with Gasteiger partial charge in [0.15, 0.2) is 0 Å². The van der Waals surface area contributed by atoms with E-state index in [1.54, 1.807) is 0 Å². The summed E-state index contributed by atoms with van der Waals surface area (Å²) in [4.78, 5) is 5.30. The van der Waals surface area contributed by atoms with E-state index < -0.39 is 0 Å². The molecule has 0 aliphatic carbocycles. The van der Waals surface area contributed by atoms with Crippen LogP contribution in [0.25, 0.3) is 0 Å². The number of nitrogens with zero attached hydrogens (tertiary/aromatic N) is 2. The Hall–Kier alpha value is 0.230. The monoisotopic (exact) mass is 257 g/mol. The summed E-state index contributed by atoms with van der Waals surface area (Å²) >= 11 is 2.04. The lowest BCUT2D eigenvalue weighted by molar-refractivity contribution is 0.139. The standard InChI is InChI=1S/C13H27N3S/c1-4-11-10-15(2)6-5-7-16(11)12-8-14-9-13(12)17-3/h11-14H,4-10H2,1-3H3. The van der Waals surface area contributed by atoms with E-state index in [4.69, 9.17) is 0 Å². The van der Waals surface area contributed by atoms with Crippen molar-refractivity contribution in [2.75, 3.05) is 46.0 Å². The molecule has 0 spiro atoms. The maximum atomic E-state index is 3.57. The second kappa shape index (κ2) is 6.41. The van der Waals surface area contributed by atoms with Crippen molar-refractivity contribution in [1.82, 2.24) is 15.1 Å². The van der Waals surface area contributed by atoms with E-state index in [2.05, 4.69) is 35.3 Å². The van der Waals surface area contributed by atoms with Gasteiger partial charge >= 0.3 is 0 Å². The molecule has 2 rings (SSSR count). The molecular weight excluding hydrogens is 230 g/mol. The Morgan fingerprint density at radius 3 is 2.82 bits per heavy atom. The Kier molecular flexibility index (Phi) is 5.15. The van der Waals surface area contributed by atoms with Crippen molar-refractivity contribution < 1.29 is 0 Å². The quantitative estimate of drug-likeness (QED) is 0.816. The Morgan fingerprint density at radius 2 is 2.12 bits per heavy atom. The first kappa shape index (κ1) is 13.7. The molecule has 0 aromatic rings. The van der Waals surface area contributed by atoms with Crippen LogP contribution >= 0.6 is 11.8 Å². The zero-order chi connectivity index (χ0) is 12.3. The fourth-order valence-electron chi connectivity index (χ4n) is 3.27. The van der Waals surface area contributed by atoms with Gasteiger partial charge < -0.3 is 10.2 Å². The molecule has 2 aliphatic heterocycles. The number of likely N-dealkylation sites (N-methyl/N-ethyl adjacent to an activating group) is 1. The molecule has 3 nitrogen and oxygen atoms in total. The zero-order valence-corrected chi connectivity index (χ0v) is 12.3. The third kappa shape index (κ3) is 3.16. The van der Waals surface area contributed by atoms with Crippen molar-refractivity contribution in [3.05, 3.63) is 0 Å². The summed E-state index contributed by atoms with van der Waals surface area (Å²) in [7, 11) is 2.27. The maximum Gasteiger partial charge on any atom is 0.0355 e. The Bertz CT molecular complexity index is 237. The van der Waals surface area contributed by atoms with E-state index in [9.17, 15) is 0 Å². The number of rotatable bonds is 3. The van der Waals surface area contributed by atoms with Crippen molar-refractivity contribution in [1.29, 1.82) is 0 Å². The van der Waals surface area contributed by atoms with Gasteiger partial charge in [-0.25, -0.2) is 0 Å². The fraction of sp³-hybridized carbons (Fsp3) is 1.00. The molecule has 3 atom stereocenters. The molecule has 0 amide bonds. The van der Waals surface area contributed by atoms with Crippen molar-refractivity contribution in [2.45, 2.75) is 37.1 Å². The topological polar surface area (TPSA) is 18.5 Å². The molecule has 4 heteroatoms. The molecule has 2 fully saturated rings. The third-order valence-electron chi connectivity index (χ3n) is 4.28. The van der Waals surface area contributed by atoms with Gasteiger partial charge in [0.25, 0.3) is 0 Å². The highest BCUT2D eigenvalue weighted by atomic mass is 32.2. The minimum atomic E-state index is 0.751. The average Bonchev–Trinajstić information content (AvgIpc) is 2.72. The van der Waals surface area contributed by atoms with E-state index in [-0.39, 0.29) is 0 Å². The van der Waals surface area contributed by atoms with E-state index in [0.717, 1.165) is 17.3 Å². The highest BCUT2D eigenvalue weighted by molar-refractivity contribution is 7.99. The minimum absolute atomic E-state index is 0.751. The molecule has 100 valence electrons. The summed E-state index contributed by atoms with van der Waals surface area (Å²) in [6, 6.07) is 1.50. The van der Waals surface area contributed by atoms with Gasteiger partial charge in [-0.2, -0.15) is 11.8 Å². The van der Waals surface area contributed by atoms with Crippen LogP contribution in [0.3, 0.4) is 0 Å². The summed E-state index contributed by atoms with van der Waals surface area (Å²) < 4.78 is 0. The van der Waals surface area contributed by atoms with Gasteiger partial charge in [-0.1, -0.05) is 6.92 Å². The predicted octanol–water partition coefficient (Wildman–Crippen LogP) is 1.11. The SMILES string of the molecule is CCC1CN(C)CCCN1C1CNCC1SC. The average molecular weight is 257 g/mol. The van der Waals surface area contributed by atoms with E-state index in [0.29, 0.717) is 0 Å². The Labute approximate surface area is 110 Å². The van der Waals surface area contributed by atoms with Crippen LogP contribution in [0.5, 0.6) is 0 Å². The largest absolute Gasteiger partial charge is 0.314 e. The summed E-state index contributed by atoms with van der Waals surface area (Å²) in [6.45, 7) is 8.51. The first-order chi connectivity index (χ1) is 8.26. The van der Waals surface area contributed by atoms with Gasteiger partial charge in [0.05, 0.1) is 0 Å². The fourth-order valence-corrected chi connectivity index (χ4v) is 4.13. The van der Waals surface area contributed by atoms with Crippen molar-refractivity contribution in [2.24, 2.45) is 0 Å². The lowest BCUT2D eigenvalue weighted by atomic mass is 10.1. The number of thioether (sulfide) groups is 1. The van der Waals surface area contributed by atoms with Crippen LogP contribution in [0, 0.1) is 0 Å². The summed E-state index contributed by atoms with van der Waals surface area (Å²) in [5.74, 6) is 0. The molecule has 17 heavy (non-hydrogen) atoms. The maximum absolute atomic E-state index is 3.57. The van der Waals surface area contributed by atoms with Gasteiger partial charge in [0.1, 0.15) is 0 Å². The molecule has 2 heterocycles. The molecule has 1 N–H and O–H groups in total. The normalized spacial score (nSPS) is 37.2. The Morgan fingerprint density at radius 1 is 1.29 bits per heavy atom. The molecule has 2 saturated heterocycles. The van der Waals surface area contributed by atoms with E-state index in [1.807, 2.05) is 11.8 Å². The number of hydrogen-bond acceptors (Lipinski definition) is 4. The summed E-state index contributed by atoms with van der Waals surface area (Å²) in [5, 5.41) is 4.36. The first-order valence-electron chi connectivity index (χ1n) is 6.94. The van der Waals surface area contributed by atoms with Crippen molar-refractivity contribution in [3.8, 4) is 0 Å². The van der Waals surface area contributed by atoms with Gasteiger partial charge in [0.2, 0.25) is 0 Å². The van der Waals surface area contributed by atoms with Gasteiger partial charge in [-0.3, -0.25) is 4.90 Å². The van der Waals surface area contributed by atoms with Crippen LogP contribution in [0.4, 0.5) is 0 Å². The first-order valence-corrected chi connectivity index (χ1v) is 8.22. The van der Waals surface area contributed by atoms with E-state index >= 15 is 0 Å². The number of hydrogen-bond donors (Lipinski definition) is 1. The highest BCUT2D eigenvalue weighted by Crippen LogP contribution is 2.24. The van der Waals surface area contributed by atoms with Crippen LogP contribution in [-0.4, -0.2) is 73.2 Å². The van der Waals surface area contributed by atoms with E-state index in [1.165, 1.54) is 45.6 Å². The number of nitrogens with one attached hydrogen (secondary N) is 1. The molecule has 0 bridgehead atoms. The third-order valence-corrected chi connectivity index (χ3v) is 5.36. The lowest BCUT2D eigenvalue weighted by Gasteiger charge is -2.37. The Balaban J connectivity index is 2.05. The zero-order valence-electron chi connectivity index (χ0n) is 11.5. The minimum Gasteiger partial charge on any atom is -0.314 e. The summed E-state index contributed by atoms with van der Waals surface area (Å²) in [5.41, 5.74) is 0. The molecule has 2 aliphatic rings. The van der Waals surface area contributed by atoms with Gasteiger partial charge in [0, 0.05) is 43.5 Å². The summed E-state index contributed by atoms with van der Waals surface area (Å²) in [6.07, 6.45) is 4.86. The van der Waals surface area contributed by atoms with Crippen molar-refractivity contribution >= 4 is 11.8 Å². The highest BCUT2D eigenvalue weighted by Gasteiger charge is 2.35. The molecular formula is C13H27N3S. The molecule has 3 unspecified atom stereocenters. The molecule has 0 saturated carbocycles. The molecule has 0 radical (unpaired) electrons. The van der Waals surface area contributed by atoms with Crippen LogP contribution in [0.1, 0.15) is 19.8 Å². The van der Waals surface area contributed by atoms with Gasteiger partial charge in [-0.15, -0.1) is 0 Å². The van der Waals surface area contributed by atoms with Crippen molar-refractivity contribution in [3.63, 3.8) is 0 Å². The smallest absolute Gasteiger partial charge is 0.0355 e. The molecule has 0 aromatic carbocycles. The van der Waals surface area contributed by atoms with Gasteiger partial charge in [-0.05, 0) is 32.7 Å². The van der Waals surface area contributed by atoms with Crippen LogP contribution < -0.4 is 5.32 Å². The predicted molar refractivity (Wildman–Crippen MR) is 76.9 cm³/mol. The lowest BCUT2D eigenvalue weighted by Crippen LogP contribution is -2.50. The second-order valence-corrected chi connectivity index (χ2v) is 6.49.